The molecule has 0 unspecified atom stereocenters. The van der Waals surface area contributed by atoms with Crippen LogP contribution < -0.4 is 21.3 Å². The first-order chi connectivity index (χ1) is 44.7. The van der Waals surface area contributed by atoms with Gasteiger partial charge in [-0.1, -0.05) is 116 Å². The highest BCUT2D eigenvalue weighted by molar-refractivity contribution is 6.00. The Labute approximate surface area is 576 Å². The molecular weight excluding hydrogens is 1230 g/mol. The first kappa shape index (κ1) is 85.9. The van der Waals surface area contributed by atoms with E-state index in [1.54, 1.807) is 47.6 Å². The van der Waals surface area contributed by atoms with E-state index in [4.69, 9.17) is 4.74 Å². The fraction of sp³-hybridized carbons (Fsp3) is 0.817. The number of piperidine rings is 1. The number of nitrogens with one attached hydrogen (secondary N) is 4. The number of aliphatic hydroxyl groups is 1. The van der Waals surface area contributed by atoms with Crippen LogP contribution in [-0.2, 0) is 57.5 Å². The van der Waals surface area contributed by atoms with E-state index in [9.17, 15) is 29.1 Å². The van der Waals surface area contributed by atoms with Crippen molar-refractivity contribution >= 4 is 65.0 Å². The highest BCUT2D eigenvalue weighted by Gasteiger charge is 2.46. The van der Waals surface area contributed by atoms with Crippen molar-refractivity contribution in [1.82, 2.24) is 60.5 Å². The number of rotatable bonds is 21. The molecule has 0 saturated carbocycles. The van der Waals surface area contributed by atoms with Gasteiger partial charge < -0.3 is 70.3 Å². The summed E-state index contributed by atoms with van der Waals surface area (Å²) >= 11 is 0. The van der Waals surface area contributed by atoms with E-state index in [1.807, 2.05) is 68.4 Å². The number of nitrogens with zero attached hydrogens (tertiary/aromatic N) is 8. The van der Waals surface area contributed by atoms with Gasteiger partial charge in [0.15, 0.2) is 0 Å². The van der Waals surface area contributed by atoms with Crippen LogP contribution in [0.15, 0.2) is 12.2 Å². The van der Waals surface area contributed by atoms with Gasteiger partial charge in [-0.2, -0.15) is 0 Å². The van der Waals surface area contributed by atoms with E-state index >= 15 is 28.8 Å². The summed E-state index contributed by atoms with van der Waals surface area (Å²) in [5, 5.41) is 23.5. The first-order valence-corrected chi connectivity index (χ1v) is 35.4. The Hall–Kier alpha value is -6.21. The molecule has 0 bridgehead atoms. The van der Waals surface area contributed by atoms with Crippen molar-refractivity contribution in [2.45, 2.75) is 254 Å². The van der Waals surface area contributed by atoms with Crippen LogP contribution in [0.2, 0.25) is 0 Å². The van der Waals surface area contributed by atoms with E-state index < -0.39 is 155 Å². The monoisotopic (exact) mass is 1360 g/mol. The van der Waals surface area contributed by atoms with Gasteiger partial charge in [0.2, 0.25) is 65.0 Å². The van der Waals surface area contributed by atoms with Gasteiger partial charge >= 0.3 is 0 Å². The zero-order chi connectivity index (χ0) is 73.5. The third kappa shape index (κ3) is 24.6. The highest BCUT2D eigenvalue weighted by Crippen LogP contribution is 2.26. The highest BCUT2D eigenvalue weighted by atomic mass is 16.5. The number of ether oxygens (including phenoxy) is 1. The molecule has 0 radical (unpaired) electrons. The maximum atomic E-state index is 15.4. The number of likely N-dealkylation sites (N-methyl/N-ethyl adjacent to an activating group) is 7. The zero-order valence-electron chi connectivity index (χ0n) is 63.2. The molecule has 2 fully saturated rings. The van der Waals surface area contributed by atoms with Crippen LogP contribution in [0.3, 0.4) is 0 Å². The second-order valence-electron chi connectivity index (χ2n) is 29.6. The van der Waals surface area contributed by atoms with E-state index in [2.05, 4.69) is 26.2 Å². The fourth-order valence-electron chi connectivity index (χ4n) is 12.8. The molecule has 0 aromatic heterocycles. The van der Waals surface area contributed by atoms with Crippen LogP contribution in [0.1, 0.15) is 182 Å². The molecule has 0 aromatic carbocycles. The maximum Gasteiger partial charge on any atom is 0.248 e. The normalized spacial score (nSPS) is 27.1. The van der Waals surface area contributed by atoms with Gasteiger partial charge in [-0.25, -0.2) is 0 Å². The van der Waals surface area contributed by atoms with Crippen molar-refractivity contribution in [3.8, 4) is 0 Å². The molecule has 2 rings (SSSR count). The summed E-state index contributed by atoms with van der Waals surface area (Å²) in [6.45, 7) is 32.6. The molecule has 0 aromatic rings. The molecule has 0 aliphatic carbocycles. The molecule has 2 aliphatic heterocycles. The Morgan fingerprint density at radius 1 is 0.469 bits per heavy atom. The quantitative estimate of drug-likeness (QED) is 0.0780. The van der Waals surface area contributed by atoms with Crippen molar-refractivity contribution in [2.24, 2.45) is 41.4 Å². The Bertz CT molecular complexity index is 2590. The summed E-state index contributed by atoms with van der Waals surface area (Å²) in [6.07, 6.45) is 6.90. The summed E-state index contributed by atoms with van der Waals surface area (Å²) in [5.74, 6) is -10.00. The van der Waals surface area contributed by atoms with E-state index in [0.717, 1.165) is 37.4 Å². The Morgan fingerprint density at radius 3 is 1.38 bits per heavy atom. The molecule has 5 N–H and O–H groups in total. The topological polar surface area (TPSA) is 291 Å². The van der Waals surface area contributed by atoms with Crippen molar-refractivity contribution in [3.63, 3.8) is 0 Å². The first-order valence-electron chi connectivity index (χ1n) is 35.4. The van der Waals surface area contributed by atoms with Crippen LogP contribution in [0.4, 0.5) is 0 Å². The van der Waals surface area contributed by atoms with E-state index in [0.29, 0.717) is 12.8 Å². The summed E-state index contributed by atoms with van der Waals surface area (Å²) in [7, 11) is 10.0. The van der Waals surface area contributed by atoms with E-state index in [-0.39, 0.29) is 69.0 Å². The third-order valence-corrected chi connectivity index (χ3v) is 18.9. The average molecular weight is 1360 g/mol. The van der Waals surface area contributed by atoms with E-state index in [1.165, 1.54) is 99.0 Å². The largest absolute Gasteiger partial charge is 0.390 e. The maximum absolute atomic E-state index is 15.4. The summed E-state index contributed by atoms with van der Waals surface area (Å²) in [5.41, 5.74) is 0. The number of amides is 11. The van der Waals surface area contributed by atoms with Crippen LogP contribution in [-0.4, -0.2) is 264 Å². The molecule has 13 atom stereocenters. The van der Waals surface area contributed by atoms with Gasteiger partial charge in [0.1, 0.15) is 66.5 Å². The van der Waals surface area contributed by atoms with Gasteiger partial charge in [-0.15, -0.1) is 0 Å². The number of carbonyl (C=O) groups excluding carboxylic acids is 11. The zero-order valence-corrected chi connectivity index (χ0v) is 63.2. The molecule has 25 nitrogen and oxygen atoms in total. The minimum absolute atomic E-state index is 0.0154. The molecule has 11 amide bonds. The second-order valence-corrected chi connectivity index (χ2v) is 29.6. The third-order valence-electron chi connectivity index (χ3n) is 18.9. The lowest BCUT2D eigenvalue weighted by atomic mass is 9.91. The van der Waals surface area contributed by atoms with Crippen LogP contribution in [0.5, 0.6) is 0 Å². The van der Waals surface area contributed by atoms with Gasteiger partial charge in [0.05, 0.1) is 12.7 Å². The molecule has 550 valence electrons. The lowest BCUT2D eigenvalue weighted by Gasteiger charge is -2.41. The number of aliphatic hydroxyl groups excluding tert-OH is 1. The number of carbonyl (C=O) groups is 11. The number of hydrogen-bond donors (Lipinski definition) is 5. The molecule has 0 spiro atoms. The predicted octanol–water partition coefficient (Wildman–Crippen LogP) is 4.53. The lowest BCUT2D eigenvalue weighted by Crippen LogP contribution is -2.64. The number of hydrogen-bond acceptors (Lipinski definition) is 14. The van der Waals surface area contributed by atoms with Crippen LogP contribution >= 0.6 is 0 Å². The van der Waals surface area contributed by atoms with Crippen molar-refractivity contribution in [1.29, 1.82) is 0 Å². The molecule has 2 aliphatic rings. The molecule has 96 heavy (non-hydrogen) atoms. The van der Waals surface area contributed by atoms with Gasteiger partial charge in [-0.3, -0.25) is 52.7 Å². The smallest absolute Gasteiger partial charge is 0.248 e. The average Bonchev–Trinajstić information content (AvgIpc) is 0.813. The number of allylic oxidation sites excluding steroid dienone is 2. The molecule has 2 heterocycles. The van der Waals surface area contributed by atoms with Crippen molar-refractivity contribution in [2.75, 3.05) is 82.2 Å². The Kier molecular flexibility index (Phi) is 36.3. The summed E-state index contributed by atoms with van der Waals surface area (Å²) < 4.78 is 6.27. The SMILES string of the molecule is CC=CC[C@@H](C)[C@@H](O)[C@H]1C(=O)N[C@@H](CC)C(=O)N(C)[C@H](COCCCN2CCCCC2)C(=O)N(C)[C@@H](CC(C)C)C(=O)N[C@@H](C(C)C)C(=O)N(C)[C@@H](CC(C)C)C(=O)N[C@@H](C)C(=O)N[C@H](C)C(=O)N(C)[C@@H](CC(C)C)C(=O)N(C)[C@@H](CC(C)C)C(=O)N(C)[C@@H](C(C)C)C(=O)N1C. The van der Waals surface area contributed by atoms with Crippen molar-refractivity contribution in [3.05, 3.63) is 12.2 Å². The minimum Gasteiger partial charge on any atom is -0.390 e. The molecule has 25 heteroatoms. The number of likely N-dealkylation sites (tertiary alicyclic amines) is 1. The molecule has 2 saturated heterocycles. The second kappa shape index (κ2) is 40.6. The minimum atomic E-state index is -1.65. The van der Waals surface area contributed by atoms with Crippen molar-refractivity contribution < 1.29 is 62.6 Å². The standard InChI is InChI=1S/C71H128N12O13/c1-25-27-32-48(15)60(84)59-64(88)74-51(26-2)66(90)80(22)56(41-96-36-31-35-83-33-29-28-30-34-83)69(93)76(18)53(38-43(5)6)63(87)75-57(46(11)12)70(94)77(19)52(37-42(3)4)62(86)72-49(16)61(85)73-50(17)65(89)78(20)54(39-44(7)8)67(91)79(21)55(40-45(9)10)68(92)81(23)58(47(13)14)71(95)82(59)24/h25,27,42-60,84H,26,28-41H2,1-24H3,(H,72,86)(H,73,85)(H,74,88)(H,75,87)/t48-,49+,50-,51+,52+,53+,54+,55+,56-,57+,58+,59+,60-/m1/s1. The summed E-state index contributed by atoms with van der Waals surface area (Å²) in [4.78, 5) is 175. The summed E-state index contributed by atoms with van der Waals surface area (Å²) in [6, 6.07) is -14.0. The molecular formula is C71H128N12O13. The van der Waals surface area contributed by atoms with Gasteiger partial charge in [0.25, 0.3) is 0 Å². The fourth-order valence-corrected chi connectivity index (χ4v) is 12.8. The predicted molar refractivity (Wildman–Crippen MR) is 373 cm³/mol. The Balaban J connectivity index is 3.08. The van der Waals surface area contributed by atoms with Crippen LogP contribution in [0, 0.1) is 41.4 Å². The van der Waals surface area contributed by atoms with Gasteiger partial charge in [0, 0.05) is 62.5 Å². The Morgan fingerprint density at radius 2 is 0.896 bits per heavy atom. The lowest BCUT2D eigenvalue weighted by molar-refractivity contribution is -0.157. The van der Waals surface area contributed by atoms with Gasteiger partial charge in [-0.05, 0) is 133 Å². The van der Waals surface area contributed by atoms with Crippen LogP contribution in [0.25, 0.3) is 0 Å².